The van der Waals surface area contributed by atoms with Gasteiger partial charge in [-0.15, -0.1) is 11.8 Å². The van der Waals surface area contributed by atoms with Crippen LogP contribution in [0.15, 0.2) is 0 Å². The molecule has 0 radical (unpaired) electrons. The quantitative estimate of drug-likeness (QED) is 0.318. The molecule has 3 unspecified atom stereocenters. The minimum Gasteiger partial charge on any atom is -0.395 e. The Morgan fingerprint density at radius 3 is 2.00 bits per heavy atom. The van der Waals surface area contributed by atoms with Crippen LogP contribution in [0.25, 0.3) is 0 Å². The van der Waals surface area contributed by atoms with E-state index in [4.69, 9.17) is 20.4 Å². The molecule has 1 saturated heterocycles. The first-order valence-electron chi connectivity index (χ1n) is 3.56. The van der Waals surface area contributed by atoms with Gasteiger partial charge in [-0.05, 0) is 0 Å². The van der Waals surface area contributed by atoms with E-state index in [0.29, 0.717) is 0 Å². The lowest BCUT2D eigenvalue weighted by molar-refractivity contribution is -0.0953. The highest BCUT2D eigenvalue weighted by atomic mass is 32.2. The molecule has 5 nitrogen and oxygen atoms in total. The molecule has 5 atom stereocenters. The second-order valence-corrected chi connectivity index (χ2v) is 4.08. The van der Waals surface area contributed by atoms with Gasteiger partial charge in [0.05, 0.1) is 18.0 Å². The van der Waals surface area contributed by atoms with Gasteiger partial charge < -0.3 is 25.5 Å². The van der Waals surface area contributed by atoms with Crippen molar-refractivity contribution >= 4 is 11.8 Å². The second-order valence-electron chi connectivity index (χ2n) is 2.72. The van der Waals surface area contributed by atoms with E-state index < -0.39 is 29.0 Å². The summed E-state index contributed by atoms with van der Waals surface area (Å²) < 4.78 is 0. The van der Waals surface area contributed by atoms with E-state index in [1.54, 1.807) is 0 Å². The minimum atomic E-state index is -1.39. The zero-order valence-corrected chi connectivity index (χ0v) is 7.05. The average Bonchev–Trinajstić information content (AvgIpc) is 2.08. The van der Waals surface area contributed by atoms with Crippen LogP contribution in [0.1, 0.15) is 0 Å². The largest absolute Gasteiger partial charge is 0.395 e. The molecule has 12 heavy (non-hydrogen) atoms. The summed E-state index contributed by atoms with van der Waals surface area (Å²) in [7, 11) is 0. The monoisotopic (exact) mass is 196 g/mol. The smallest absolute Gasteiger partial charge is 0.128 e. The van der Waals surface area contributed by atoms with Crippen molar-refractivity contribution in [3.8, 4) is 0 Å². The van der Waals surface area contributed by atoms with Crippen molar-refractivity contribution in [2.24, 2.45) is 0 Å². The van der Waals surface area contributed by atoms with Gasteiger partial charge in [0.1, 0.15) is 17.6 Å². The van der Waals surface area contributed by atoms with Gasteiger partial charge in [-0.25, -0.2) is 0 Å². The molecule has 0 aliphatic carbocycles. The SMILES string of the molecule is OCC1S[C@@H](O)C(O)C(O)[C@H]1O. The first-order valence-corrected chi connectivity index (χ1v) is 4.50. The second kappa shape index (κ2) is 3.91. The van der Waals surface area contributed by atoms with Crippen LogP contribution in [-0.2, 0) is 0 Å². The Hall–Kier alpha value is 0.150. The maximum absolute atomic E-state index is 9.22. The van der Waals surface area contributed by atoms with Gasteiger partial charge in [-0.2, -0.15) is 0 Å². The molecule has 0 spiro atoms. The van der Waals surface area contributed by atoms with Gasteiger partial charge >= 0.3 is 0 Å². The maximum atomic E-state index is 9.22. The normalized spacial score (nSPS) is 49.2. The van der Waals surface area contributed by atoms with E-state index >= 15 is 0 Å². The van der Waals surface area contributed by atoms with Gasteiger partial charge in [-0.1, -0.05) is 0 Å². The number of hydrogen-bond donors (Lipinski definition) is 5. The zero-order valence-electron chi connectivity index (χ0n) is 6.24. The Bertz CT molecular complexity index is 150. The third-order valence-electron chi connectivity index (χ3n) is 1.87. The summed E-state index contributed by atoms with van der Waals surface area (Å²) in [5.41, 5.74) is -1.15. The summed E-state index contributed by atoms with van der Waals surface area (Å²) in [5, 5.41) is 44.6. The van der Waals surface area contributed by atoms with Crippen molar-refractivity contribution in [1.29, 1.82) is 0 Å². The van der Waals surface area contributed by atoms with Crippen LogP contribution in [-0.4, -0.2) is 61.1 Å². The van der Waals surface area contributed by atoms with E-state index in [-0.39, 0.29) is 6.61 Å². The van der Waals surface area contributed by atoms with Crippen LogP contribution < -0.4 is 0 Å². The van der Waals surface area contributed by atoms with Gasteiger partial charge in [0.15, 0.2) is 0 Å². The standard InChI is InChI=1S/C6H12O5S/c7-1-2-3(8)4(9)5(10)6(11)12-2/h2-11H,1H2/t2?,3-,4?,5?,6+/m0/s1. The van der Waals surface area contributed by atoms with Gasteiger partial charge in [-0.3, -0.25) is 0 Å². The average molecular weight is 196 g/mol. The van der Waals surface area contributed by atoms with Crippen molar-refractivity contribution < 1.29 is 25.5 Å². The first kappa shape index (κ1) is 10.2. The van der Waals surface area contributed by atoms with Gasteiger partial charge in [0.2, 0.25) is 0 Å². The number of hydrogen-bond acceptors (Lipinski definition) is 6. The Balaban J connectivity index is 2.63. The van der Waals surface area contributed by atoms with Crippen LogP contribution in [0.4, 0.5) is 0 Å². The van der Waals surface area contributed by atoms with Crippen LogP contribution in [0, 0.1) is 0 Å². The molecule has 0 saturated carbocycles. The fraction of sp³-hybridized carbons (Fsp3) is 1.00. The molecule has 5 N–H and O–H groups in total. The summed E-state index contributed by atoms with van der Waals surface area (Å²) in [5.74, 6) is 0. The lowest BCUT2D eigenvalue weighted by Crippen LogP contribution is -2.53. The molecule has 0 aromatic rings. The number of thioether (sulfide) groups is 1. The molecule has 1 aliphatic rings. The van der Waals surface area contributed by atoms with Crippen LogP contribution in [0.3, 0.4) is 0 Å². The molecule has 0 bridgehead atoms. The van der Waals surface area contributed by atoms with E-state index in [9.17, 15) is 5.11 Å². The summed E-state index contributed by atoms with van der Waals surface area (Å²) in [4.78, 5) is 0. The van der Waals surface area contributed by atoms with Crippen molar-refractivity contribution in [2.45, 2.75) is 29.0 Å². The summed E-state index contributed by atoms with van der Waals surface area (Å²) in [6, 6.07) is 0. The van der Waals surface area contributed by atoms with E-state index in [2.05, 4.69) is 0 Å². The molecule has 1 aliphatic heterocycles. The molecular weight excluding hydrogens is 184 g/mol. The minimum absolute atomic E-state index is 0.341. The van der Waals surface area contributed by atoms with Crippen LogP contribution in [0.2, 0.25) is 0 Å². The predicted molar refractivity (Wildman–Crippen MR) is 42.5 cm³/mol. The van der Waals surface area contributed by atoms with Crippen molar-refractivity contribution in [3.63, 3.8) is 0 Å². The van der Waals surface area contributed by atoms with Crippen molar-refractivity contribution in [1.82, 2.24) is 0 Å². The van der Waals surface area contributed by atoms with Crippen molar-refractivity contribution in [2.75, 3.05) is 6.61 Å². The van der Waals surface area contributed by atoms with Gasteiger partial charge in [0.25, 0.3) is 0 Å². The molecule has 72 valence electrons. The molecule has 1 heterocycles. The summed E-state index contributed by atoms with van der Waals surface area (Å²) >= 11 is 0.852. The molecule has 0 aromatic carbocycles. The van der Waals surface area contributed by atoms with E-state index in [0.717, 1.165) is 11.8 Å². The Morgan fingerprint density at radius 2 is 1.50 bits per heavy atom. The molecule has 0 amide bonds. The number of aliphatic hydroxyl groups is 5. The highest BCUT2D eigenvalue weighted by molar-refractivity contribution is 8.00. The molecule has 1 rings (SSSR count). The highest BCUT2D eigenvalue weighted by Gasteiger charge is 2.42. The van der Waals surface area contributed by atoms with Crippen molar-refractivity contribution in [3.05, 3.63) is 0 Å². The third-order valence-corrected chi connectivity index (χ3v) is 3.20. The fourth-order valence-corrected chi connectivity index (χ4v) is 2.17. The Labute approximate surface area is 73.7 Å². The lowest BCUT2D eigenvalue weighted by atomic mass is 10.0. The summed E-state index contributed by atoms with van der Waals surface area (Å²) in [6.45, 7) is -0.341. The Kier molecular flexibility index (Phi) is 3.33. The molecule has 6 heteroatoms. The Morgan fingerprint density at radius 1 is 0.917 bits per heavy atom. The molecule has 1 fully saturated rings. The van der Waals surface area contributed by atoms with E-state index in [1.807, 2.05) is 0 Å². The summed E-state index contributed by atoms with van der Waals surface area (Å²) in [6.07, 6.45) is -3.94. The molecular formula is C6H12O5S. The molecule has 0 aromatic heterocycles. The first-order chi connectivity index (χ1) is 5.57. The van der Waals surface area contributed by atoms with Crippen LogP contribution in [0.5, 0.6) is 0 Å². The lowest BCUT2D eigenvalue weighted by Gasteiger charge is -2.36. The maximum Gasteiger partial charge on any atom is 0.128 e. The topological polar surface area (TPSA) is 101 Å². The van der Waals surface area contributed by atoms with Crippen LogP contribution >= 0.6 is 11.8 Å². The zero-order chi connectivity index (χ0) is 9.30. The predicted octanol–water partition coefficient (Wildman–Crippen LogP) is -2.50. The number of rotatable bonds is 1. The number of aliphatic hydroxyl groups excluding tert-OH is 5. The third kappa shape index (κ3) is 1.73. The van der Waals surface area contributed by atoms with Gasteiger partial charge in [0, 0.05) is 0 Å². The van der Waals surface area contributed by atoms with E-state index in [1.165, 1.54) is 0 Å². The fourth-order valence-electron chi connectivity index (χ4n) is 1.08. The highest BCUT2D eigenvalue weighted by Crippen LogP contribution is 2.30.